The molecule has 0 bridgehead atoms. The minimum Gasteiger partial charge on any atom is -0.366 e. The number of amides is 1. The maximum absolute atomic E-state index is 12.4. The van der Waals surface area contributed by atoms with E-state index in [4.69, 9.17) is 5.73 Å². The Kier molecular flexibility index (Phi) is 5.03. The number of hydrogen-bond acceptors (Lipinski definition) is 4. The molecule has 0 spiro atoms. The molecule has 3 heterocycles. The second-order valence-electron chi connectivity index (χ2n) is 4.34. The molecule has 118 valence electrons. The molecule has 0 atom stereocenters. The molecule has 0 saturated carbocycles. The van der Waals surface area contributed by atoms with E-state index in [2.05, 4.69) is 15.1 Å². The fourth-order valence-corrected chi connectivity index (χ4v) is 1.93. The number of rotatable bonds is 3. The zero-order valence-electron chi connectivity index (χ0n) is 12.9. The minimum absolute atomic E-state index is 0.248. The number of H-pyrrole nitrogens is 1. The van der Waals surface area contributed by atoms with Crippen LogP contribution in [0.1, 0.15) is 24.2 Å². The van der Waals surface area contributed by atoms with Gasteiger partial charge in [0, 0.05) is 30.4 Å². The van der Waals surface area contributed by atoms with Crippen molar-refractivity contribution in [1.29, 1.82) is 0 Å². The standard InChI is InChI=1S/C14H11N5O2.C2H6/c15-13(20)10-3-4-12(17-7-10)19-14(21)11(8-18-19)9-2-1-5-16-6-9;1-2/h1-8,18H,(H2,15,20);1-2H3. The van der Waals surface area contributed by atoms with E-state index in [9.17, 15) is 9.59 Å². The first-order valence-electron chi connectivity index (χ1n) is 7.14. The van der Waals surface area contributed by atoms with Crippen LogP contribution in [-0.4, -0.2) is 25.7 Å². The summed E-state index contributed by atoms with van der Waals surface area (Å²) in [6, 6.07) is 6.62. The predicted molar refractivity (Wildman–Crippen MR) is 87.3 cm³/mol. The molecule has 0 aliphatic rings. The Bertz CT molecular complexity index is 835. The Morgan fingerprint density at radius 1 is 1.22 bits per heavy atom. The summed E-state index contributed by atoms with van der Waals surface area (Å²) in [5, 5.41) is 2.84. The summed E-state index contributed by atoms with van der Waals surface area (Å²) in [6.07, 6.45) is 6.16. The third-order valence-corrected chi connectivity index (χ3v) is 3.01. The van der Waals surface area contributed by atoms with Crippen LogP contribution in [0.5, 0.6) is 0 Å². The van der Waals surface area contributed by atoms with E-state index in [0.29, 0.717) is 16.9 Å². The van der Waals surface area contributed by atoms with E-state index in [1.54, 1.807) is 36.8 Å². The maximum Gasteiger partial charge on any atom is 0.280 e. The fourth-order valence-electron chi connectivity index (χ4n) is 1.93. The van der Waals surface area contributed by atoms with E-state index in [0.717, 1.165) is 0 Å². The molecule has 7 heteroatoms. The third kappa shape index (κ3) is 3.34. The molecule has 7 nitrogen and oxygen atoms in total. The van der Waals surface area contributed by atoms with Gasteiger partial charge in [0.15, 0.2) is 5.82 Å². The lowest BCUT2D eigenvalue weighted by atomic mass is 10.2. The smallest absolute Gasteiger partial charge is 0.280 e. The lowest BCUT2D eigenvalue weighted by molar-refractivity contribution is 0.1000. The number of nitrogens with zero attached hydrogens (tertiary/aromatic N) is 3. The Hall–Kier alpha value is -3.22. The van der Waals surface area contributed by atoms with E-state index < -0.39 is 5.91 Å². The Balaban J connectivity index is 0.000000924. The first-order chi connectivity index (χ1) is 11.2. The Morgan fingerprint density at radius 2 is 2.00 bits per heavy atom. The van der Waals surface area contributed by atoms with Gasteiger partial charge in [0.2, 0.25) is 5.91 Å². The lowest BCUT2D eigenvalue weighted by Crippen LogP contribution is -2.18. The molecule has 3 aromatic heterocycles. The average molecular weight is 311 g/mol. The molecule has 0 aliphatic carbocycles. The lowest BCUT2D eigenvalue weighted by Gasteiger charge is -2.01. The van der Waals surface area contributed by atoms with E-state index in [1.165, 1.54) is 16.9 Å². The van der Waals surface area contributed by atoms with Crippen LogP contribution in [0.25, 0.3) is 16.9 Å². The number of pyridine rings is 2. The molecule has 3 aromatic rings. The normalized spacial score (nSPS) is 9.83. The van der Waals surface area contributed by atoms with E-state index in [1.807, 2.05) is 13.8 Å². The van der Waals surface area contributed by atoms with Crippen LogP contribution in [0.15, 0.2) is 53.8 Å². The molecular formula is C16H17N5O2. The largest absolute Gasteiger partial charge is 0.366 e. The average Bonchev–Trinajstić information content (AvgIpc) is 2.99. The summed E-state index contributed by atoms with van der Waals surface area (Å²) in [6.45, 7) is 4.00. The highest BCUT2D eigenvalue weighted by molar-refractivity contribution is 5.92. The first-order valence-corrected chi connectivity index (χ1v) is 7.14. The number of hydrogen-bond donors (Lipinski definition) is 2. The molecule has 0 aromatic carbocycles. The number of aromatic nitrogens is 4. The van der Waals surface area contributed by atoms with Gasteiger partial charge in [0.25, 0.3) is 5.56 Å². The van der Waals surface area contributed by atoms with Gasteiger partial charge in [0.05, 0.1) is 11.1 Å². The molecule has 0 unspecified atom stereocenters. The van der Waals surface area contributed by atoms with Gasteiger partial charge >= 0.3 is 0 Å². The van der Waals surface area contributed by atoms with Crippen LogP contribution < -0.4 is 11.3 Å². The van der Waals surface area contributed by atoms with Gasteiger partial charge in [-0.1, -0.05) is 19.9 Å². The predicted octanol–water partition coefficient (Wildman–Crippen LogP) is 1.75. The van der Waals surface area contributed by atoms with Gasteiger partial charge < -0.3 is 5.73 Å². The van der Waals surface area contributed by atoms with Crippen molar-refractivity contribution in [3.05, 3.63) is 65.0 Å². The minimum atomic E-state index is -0.566. The maximum atomic E-state index is 12.4. The van der Waals surface area contributed by atoms with Crippen molar-refractivity contribution < 1.29 is 4.79 Å². The van der Waals surface area contributed by atoms with Crippen LogP contribution in [0.4, 0.5) is 0 Å². The molecule has 23 heavy (non-hydrogen) atoms. The quantitative estimate of drug-likeness (QED) is 0.768. The third-order valence-electron chi connectivity index (χ3n) is 3.01. The van der Waals surface area contributed by atoms with Crippen LogP contribution >= 0.6 is 0 Å². The van der Waals surface area contributed by atoms with Gasteiger partial charge in [-0.15, -0.1) is 0 Å². The van der Waals surface area contributed by atoms with E-state index in [-0.39, 0.29) is 11.1 Å². The van der Waals surface area contributed by atoms with Gasteiger partial charge in [-0.3, -0.25) is 19.7 Å². The van der Waals surface area contributed by atoms with Crippen molar-refractivity contribution in [3.63, 3.8) is 0 Å². The molecule has 0 fully saturated rings. The van der Waals surface area contributed by atoms with Crippen molar-refractivity contribution in [3.8, 4) is 16.9 Å². The number of carbonyl (C=O) groups excluding carboxylic acids is 1. The van der Waals surface area contributed by atoms with Crippen LogP contribution in [0.3, 0.4) is 0 Å². The molecule has 3 rings (SSSR count). The molecule has 1 amide bonds. The summed E-state index contributed by atoms with van der Waals surface area (Å²) in [7, 11) is 0. The summed E-state index contributed by atoms with van der Waals surface area (Å²) < 4.78 is 1.28. The summed E-state index contributed by atoms with van der Waals surface area (Å²) in [5.74, 6) is -0.191. The molecule has 3 N–H and O–H groups in total. The van der Waals surface area contributed by atoms with E-state index >= 15 is 0 Å². The SMILES string of the molecule is CC.NC(=O)c1ccc(-n2[nH]cc(-c3cccnc3)c2=O)nc1. The van der Waals surface area contributed by atoms with Crippen LogP contribution in [-0.2, 0) is 0 Å². The van der Waals surface area contributed by atoms with Crippen molar-refractivity contribution in [2.45, 2.75) is 13.8 Å². The Morgan fingerprint density at radius 3 is 2.57 bits per heavy atom. The first kappa shape index (κ1) is 16.2. The molecule has 0 radical (unpaired) electrons. The molecular weight excluding hydrogens is 294 g/mol. The number of carbonyl (C=O) groups is 1. The Labute approximate surface area is 132 Å². The van der Waals surface area contributed by atoms with Crippen LogP contribution in [0.2, 0.25) is 0 Å². The van der Waals surface area contributed by atoms with Crippen molar-refractivity contribution in [1.82, 2.24) is 19.7 Å². The highest BCUT2D eigenvalue weighted by Crippen LogP contribution is 2.13. The number of aromatic amines is 1. The van der Waals surface area contributed by atoms with Gasteiger partial charge in [-0.2, -0.15) is 0 Å². The number of primary amides is 1. The highest BCUT2D eigenvalue weighted by atomic mass is 16.1. The second-order valence-corrected chi connectivity index (χ2v) is 4.34. The monoisotopic (exact) mass is 311 g/mol. The second kappa shape index (κ2) is 7.17. The number of nitrogens with two attached hydrogens (primary N) is 1. The summed E-state index contributed by atoms with van der Waals surface area (Å²) >= 11 is 0. The van der Waals surface area contributed by atoms with Gasteiger partial charge in [0.1, 0.15) is 0 Å². The topological polar surface area (TPSA) is 107 Å². The molecule has 0 saturated heterocycles. The van der Waals surface area contributed by atoms with Gasteiger partial charge in [-0.05, 0) is 18.2 Å². The van der Waals surface area contributed by atoms with Gasteiger partial charge in [-0.25, -0.2) is 9.67 Å². The highest BCUT2D eigenvalue weighted by Gasteiger charge is 2.11. The summed E-state index contributed by atoms with van der Waals surface area (Å²) in [4.78, 5) is 31.4. The fraction of sp³-hybridized carbons (Fsp3) is 0.125. The van der Waals surface area contributed by atoms with Crippen molar-refractivity contribution >= 4 is 5.91 Å². The zero-order chi connectivity index (χ0) is 16.8. The zero-order valence-corrected chi connectivity index (χ0v) is 12.9. The van der Waals surface area contributed by atoms with Crippen molar-refractivity contribution in [2.75, 3.05) is 0 Å². The van der Waals surface area contributed by atoms with Crippen LogP contribution in [0, 0.1) is 0 Å². The summed E-state index contributed by atoms with van der Waals surface area (Å²) in [5.41, 5.74) is 6.39. The number of nitrogens with one attached hydrogen (secondary N) is 1. The van der Waals surface area contributed by atoms with Crippen molar-refractivity contribution in [2.24, 2.45) is 5.73 Å². The molecule has 0 aliphatic heterocycles.